The summed E-state index contributed by atoms with van der Waals surface area (Å²) in [6, 6.07) is 12.8. The molecule has 3 nitrogen and oxygen atoms in total. The van der Waals surface area contributed by atoms with Crippen molar-refractivity contribution in [3.05, 3.63) is 74.8 Å². The molecule has 0 radical (unpaired) electrons. The lowest BCUT2D eigenvalue weighted by Crippen LogP contribution is -2.10. The van der Waals surface area contributed by atoms with Gasteiger partial charge in [-0.25, -0.2) is 4.98 Å². The minimum atomic E-state index is -0.243. The molecule has 1 aromatic heterocycles. The first-order valence-electron chi connectivity index (χ1n) is 6.67. The van der Waals surface area contributed by atoms with Crippen molar-refractivity contribution in [2.24, 2.45) is 0 Å². The van der Waals surface area contributed by atoms with Gasteiger partial charge < -0.3 is 4.98 Å². The summed E-state index contributed by atoms with van der Waals surface area (Å²) < 4.78 is 0. The lowest BCUT2D eigenvalue weighted by atomic mass is 10.1. The summed E-state index contributed by atoms with van der Waals surface area (Å²) in [5.74, 6) is 0.322. The van der Waals surface area contributed by atoms with E-state index < -0.39 is 0 Å². The van der Waals surface area contributed by atoms with Gasteiger partial charge in [0.2, 0.25) is 0 Å². The predicted molar refractivity (Wildman–Crippen MR) is 92.3 cm³/mol. The molecular formula is C17H12Cl2N2O. The van der Waals surface area contributed by atoms with Gasteiger partial charge in [0, 0.05) is 5.02 Å². The van der Waals surface area contributed by atoms with Crippen LogP contribution in [-0.4, -0.2) is 9.97 Å². The van der Waals surface area contributed by atoms with Crippen LogP contribution >= 0.6 is 23.2 Å². The number of rotatable bonds is 2. The highest BCUT2D eigenvalue weighted by Gasteiger charge is 2.07. The summed E-state index contributed by atoms with van der Waals surface area (Å²) in [5.41, 5.74) is 2.35. The van der Waals surface area contributed by atoms with Gasteiger partial charge in [-0.05, 0) is 36.8 Å². The fourth-order valence-corrected chi connectivity index (χ4v) is 2.58. The molecule has 0 unspecified atom stereocenters. The number of fused-ring (bicyclic) bond motifs is 1. The summed E-state index contributed by atoms with van der Waals surface area (Å²) in [6.07, 6.45) is 1.77. The van der Waals surface area contributed by atoms with E-state index >= 15 is 0 Å². The lowest BCUT2D eigenvalue weighted by Gasteiger charge is -2.03. The molecule has 0 atom stereocenters. The number of aromatic amines is 1. The Morgan fingerprint density at radius 3 is 2.82 bits per heavy atom. The summed E-state index contributed by atoms with van der Waals surface area (Å²) in [6.45, 7) is 2.00. The zero-order chi connectivity index (χ0) is 15.7. The van der Waals surface area contributed by atoms with E-state index in [2.05, 4.69) is 9.97 Å². The average Bonchev–Trinajstić information content (AvgIpc) is 2.46. The molecule has 3 aromatic rings. The van der Waals surface area contributed by atoms with Crippen LogP contribution in [0.2, 0.25) is 5.02 Å². The monoisotopic (exact) mass is 330 g/mol. The molecule has 0 saturated heterocycles. The third-order valence-electron chi connectivity index (χ3n) is 3.23. The van der Waals surface area contributed by atoms with Gasteiger partial charge >= 0.3 is 0 Å². The molecule has 1 heterocycles. The molecule has 0 spiro atoms. The number of hydrogen-bond donors (Lipinski definition) is 1. The first-order chi connectivity index (χ1) is 10.5. The van der Waals surface area contributed by atoms with Gasteiger partial charge in [-0.15, -0.1) is 0 Å². The van der Waals surface area contributed by atoms with Crippen molar-refractivity contribution >= 4 is 45.2 Å². The second-order valence-corrected chi connectivity index (χ2v) is 5.83. The first kappa shape index (κ1) is 14.8. The molecule has 0 fully saturated rings. The van der Waals surface area contributed by atoms with Crippen LogP contribution in [0.1, 0.15) is 17.0 Å². The van der Waals surface area contributed by atoms with Crippen LogP contribution < -0.4 is 5.56 Å². The highest BCUT2D eigenvalue weighted by atomic mass is 35.5. The summed E-state index contributed by atoms with van der Waals surface area (Å²) in [5, 5.41) is 1.37. The van der Waals surface area contributed by atoms with Crippen LogP contribution in [0.5, 0.6) is 0 Å². The summed E-state index contributed by atoms with van der Waals surface area (Å²) in [7, 11) is 0. The van der Waals surface area contributed by atoms with Crippen molar-refractivity contribution < 1.29 is 0 Å². The van der Waals surface area contributed by atoms with E-state index in [0.29, 0.717) is 26.8 Å². The number of nitrogens with zero attached hydrogens (tertiary/aromatic N) is 1. The maximum absolute atomic E-state index is 12.1. The lowest BCUT2D eigenvalue weighted by molar-refractivity contribution is 1.14. The SMILES string of the molecule is Cc1cccc(C=C(Cl)c2nc3cc(Cl)ccc3c(=O)[nH]2)c1. The minimum absolute atomic E-state index is 0.243. The Labute approximate surface area is 137 Å². The van der Waals surface area contributed by atoms with Crippen molar-refractivity contribution in [3.63, 3.8) is 0 Å². The fraction of sp³-hybridized carbons (Fsp3) is 0.0588. The Bertz CT molecular complexity index is 945. The van der Waals surface area contributed by atoms with Crippen molar-refractivity contribution in [3.8, 4) is 0 Å². The van der Waals surface area contributed by atoms with Gasteiger partial charge in [-0.3, -0.25) is 4.79 Å². The number of benzene rings is 2. The summed E-state index contributed by atoms with van der Waals surface area (Å²) in [4.78, 5) is 19.2. The van der Waals surface area contributed by atoms with Crippen molar-refractivity contribution in [1.82, 2.24) is 9.97 Å². The van der Waals surface area contributed by atoms with E-state index in [-0.39, 0.29) is 5.56 Å². The van der Waals surface area contributed by atoms with Crippen molar-refractivity contribution in [2.75, 3.05) is 0 Å². The maximum atomic E-state index is 12.1. The molecule has 0 aliphatic carbocycles. The Morgan fingerprint density at radius 2 is 2.05 bits per heavy atom. The molecule has 0 aliphatic rings. The Morgan fingerprint density at radius 1 is 1.23 bits per heavy atom. The van der Waals surface area contributed by atoms with Crippen LogP contribution in [0.4, 0.5) is 0 Å². The topological polar surface area (TPSA) is 45.8 Å². The molecule has 5 heteroatoms. The second-order valence-electron chi connectivity index (χ2n) is 4.98. The molecule has 0 amide bonds. The van der Waals surface area contributed by atoms with Gasteiger partial charge in [-0.2, -0.15) is 0 Å². The standard InChI is InChI=1S/C17H12Cl2N2O/c1-10-3-2-4-11(7-10)8-14(19)16-20-15-9-12(18)5-6-13(15)17(22)21-16/h2-9H,1H3,(H,20,21,22). The van der Waals surface area contributed by atoms with Crippen LogP contribution in [0.3, 0.4) is 0 Å². The number of H-pyrrole nitrogens is 1. The van der Waals surface area contributed by atoms with Crippen LogP contribution in [-0.2, 0) is 0 Å². The first-order valence-corrected chi connectivity index (χ1v) is 7.42. The van der Waals surface area contributed by atoms with Gasteiger partial charge in [0.1, 0.15) is 0 Å². The molecule has 1 N–H and O–H groups in total. The van der Waals surface area contributed by atoms with E-state index in [1.54, 1.807) is 24.3 Å². The van der Waals surface area contributed by atoms with Crippen LogP contribution in [0.15, 0.2) is 47.3 Å². The Kier molecular flexibility index (Phi) is 4.01. The molecule has 3 rings (SSSR count). The van der Waals surface area contributed by atoms with Crippen molar-refractivity contribution in [1.29, 1.82) is 0 Å². The Hall–Kier alpha value is -2.10. The van der Waals surface area contributed by atoms with Gasteiger partial charge in [-0.1, -0.05) is 53.0 Å². The molecule has 22 heavy (non-hydrogen) atoms. The maximum Gasteiger partial charge on any atom is 0.259 e. The van der Waals surface area contributed by atoms with E-state index in [4.69, 9.17) is 23.2 Å². The zero-order valence-electron chi connectivity index (χ0n) is 11.7. The molecule has 110 valence electrons. The molecule has 0 bridgehead atoms. The minimum Gasteiger partial charge on any atom is -0.305 e. The third kappa shape index (κ3) is 3.06. The molecule has 0 aliphatic heterocycles. The smallest absolute Gasteiger partial charge is 0.259 e. The average molecular weight is 331 g/mol. The van der Waals surface area contributed by atoms with Gasteiger partial charge in [0.15, 0.2) is 5.82 Å². The third-order valence-corrected chi connectivity index (χ3v) is 3.75. The van der Waals surface area contributed by atoms with Crippen LogP contribution in [0.25, 0.3) is 22.0 Å². The molecule has 0 saturated carbocycles. The van der Waals surface area contributed by atoms with E-state index in [0.717, 1.165) is 11.1 Å². The fourth-order valence-electron chi connectivity index (χ4n) is 2.20. The predicted octanol–water partition coefficient (Wildman–Crippen LogP) is 4.62. The van der Waals surface area contributed by atoms with Gasteiger partial charge in [0.05, 0.1) is 15.9 Å². The Balaban J connectivity index is 2.11. The molecular weight excluding hydrogens is 319 g/mol. The largest absolute Gasteiger partial charge is 0.305 e. The normalized spacial score (nSPS) is 11.9. The number of nitrogens with one attached hydrogen (secondary N) is 1. The number of hydrogen-bond acceptors (Lipinski definition) is 2. The highest BCUT2D eigenvalue weighted by molar-refractivity contribution is 6.50. The number of halogens is 2. The van der Waals surface area contributed by atoms with E-state index in [1.165, 1.54) is 0 Å². The highest BCUT2D eigenvalue weighted by Crippen LogP contribution is 2.21. The quantitative estimate of drug-likeness (QED) is 0.745. The number of aromatic nitrogens is 2. The second kappa shape index (κ2) is 5.95. The summed E-state index contributed by atoms with van der Waals surface area (Å²) >= 11 is 12.3. The zero-order valence-corrected chi connectivity index (χ0v) is 13.2. The van der Waals surface area contributed by atoms with E-state index in [9.17, 15) is 4.79 Å². The van der Waals surface area contributed by atoms with Crippen LogP contribution in [0, 0.1) is 6.92 Å². The molecule has 2 aromatic carbocycles. The number of aryl methyl sites for hydroxylation is 1. The van der Waals surface area contributed by atoms with Crippen molar-refractivity contribution in [2.45, 2.75) is 6.92 Å². The van der Waals surface area contributed by atoms with Gasteiger partial charge in [0.25, 0.3) is 5.56 Å². The van der Waals surface area contributed by atoms with E-state index in [1.807, 2.05) is 31.2 Å².